The third-order valence-electron chi connectivity index (χ3n) is 7.46. The Morgan fingerprint density at radius 3 is 2.40 bits per heavy atom. The zero-order valence-electron chi connectivity index (χ0n) is 18.4. The molecule has 6 rings (SSSR count). The molecule has 2 aromatic rings. The summed E-state index contributed by atoms with van der Waals surface area (Å²) in [6.45, 7) is 6.72. The molecule has 4 aliphatic rings. The van der Waals surface area contributed by atoms with Crippen LogP contribution in [0, 0.1) is 24.7 Å². The van der Waals surface area contributed by atoms with Crippen LogP contribution < -0.4 is 10.1 Å². The first-order valence-electron chi connectivity index (χ1n) is 11.5. The third kappa shape index (κ3) is 3.77. The molecule has 0 spiro atoms. The minimum atomic E-state index is -0.0679. The van der Waals surface area contributed by atoms with E-state index in [2.05, 4.69) is 44.3 Å². The molecule has 4 fully saturated rings. The topological polar surface area (TPSA) is 51.5 Å². The summed E-state index contributed by atoms with van der Waals surface area (Å²) in [6, 6.07) is 9.95. The molecule has 1 aromatic heterocycles. The fourth-order valence-electron chi connectivity index (χ4n) is 6.54. The van der Waals surface area contributed by atoms with E-state index in [4.69, 9.17) is 9.15 Å². The average Bonchev–Trinajstić information content (AvgIpc) is 3.14. The first-order chi connectivity index (χ1) is 14.4. The number of carbonyl (C=O) groups is 1. The highest BCUT2D eigenvalue weighted by molar-refractivity contribution is 5.92. The van der Waals surface area contributed by atoms with Crippen molar-refractivity contribution in [2.24, 2.45) is 17.8 Å². The van der Waals surface area contributed by atoms with Gasteiger partial charge < -0.3 is 14.5 Å². The monoisotopic (exact) mass is 407 g/mol. The predicted octanol–water partition coefficient (Wildman–Crippen LogP) is 5.99. The Morgan fingerprint density at radius 1 is 1.10 bits per heavy atom. The Kier molecular flexibility index (Phi) is 4.91. The number of aryl methyl sites for hydroxylation is 1. The van der Waals surface area contributed by atoms with E-state index >= 15 is 0 Å². The molecular formula is C26H33NO3. The van der Waals surface area contributed by atoms with Gasteiger partial charge in [-0.15, -0.1) is 0 Å². The summed E-state index contributed by atoms with van der Waals surface area (Å²) in [7, 11) is 0. The Labute approximate surface area is 179 Å². The molecular weight excluding hydrogens is 374 g/mol. The number of hydrogen-bond acceptors (Lipinski definition) is 3. The van der Waals surface area contributed by atoms with Crippen molar-refractivity contribution in [3.63, 3.8) is 0 Å². The fourth-order valence-corrected chi connectivity index (χ4v) is 6.54. The molecule has 0 atom stereocenters. The van der Waals surface area contributed by atoms with Crippen molar-refractivity contribution < 1.29 is 13.9 Å². The lowest BCUT2D eigenvalue weighted by atomic mass is 9.53. The van der Waals surface area contributed by atoms with Crippen LogP contribution >= 0.6 is 0 Å². The Bertz CT molecular complexity index is 906. The van der Waals surface area contributed by atoms with Crippen LogP contribution in [0.3, 0.4) is 0 Å². The maximum Gasteiger partial charge on any atom is 0.287 e. The molecule has 160 valence electrons. The van der Waals surface area contributed by atoms with Gasteiger partial charge in [-0.25, -0.2) is 0 Å². The van der Waals surface area contributed by atoms with E-state index in [9.17, 15) is 4.79 Å². The van der Waals surface area contributed by atoms with Crippen LogP contribution in [0.2, 0.25) is 0 Å². The molecule has 0 saturated heterocycles. The summed E-state index contributed by atoms with van der Waals surface area (Å²) in [6.07, 6.45) is 7.55. The van der Waals surface area contributed by atoms with E-state index in [1.165, 1.54) is 30.4 Å². The summed E-state index contributed by atoms with van der Waals surface area (Å²) in [5.74, 6) is 4.71. The minimum absolute atomic E-state index is 0.00299. The van der Waals surface area contributed by atoms with Gasteiger partial charge in [-0.2, -0.15) is 0 Å². The van der Waals surface area contributed by atoms with E-state index in [1.54, 1.807) is 6.07 Å². The predicted molar refractivity (Wildman–Crippen MR) is 117 cm³/mol. The van der Waals surface area contributed by atoms with Crippen LogP contribution in [0.5, 0.6) is 5.75 Å². The van der Waals surface area contributed by atoms with Gasteiger partial charge >= 0.3 is 0 Å². The van der Waals surface area contributed by atoms with Crippen molar-refractivity contribution in [3.05, 3.63) is 53.0 Å². The van der Waals surface area contributed by atoms with Crippen molar-refractivity contribution >= 4 is 5.91 Å². The number of furan rings is 1. The maximum absolute atomic E-state index is 13.0. The highest BCUT2D eigenvalue weighted by Gasteiger charge is 2.51. The van der Waals surface area contributed by atoms with Crippen molar-refractivity contribution in [3.8, 4) is 5.75 Å². The summed E-state index contributed by atoms with van der Waals surface area (Å²) in [4.78, 5) is 13.0. The van der Waals surface area contributed by atoms with Crippen LogP contribution in [-0.2, 0) is 6.61 Å². The van der Waals surface area contributed by atoms with Crippen LogP contribution in [0.4, 0.5) is 0 Å². The van der Waals surface area contributed by atoms with Crippen molar-refractivity contribution in [1.29, 1.82) is 0 Å². The zero-order valence-corrected chi connectivity index (χ0v) is 18.4. The number of amides is 1. The molecule has 1 heterocycles. The fraction of sp³-hybridized carbons (Fsp3) is 0.577. The molecule has 4 bridgehead atoms. The van der Waals surface area contributed by atoms with E-state index in [0.717, 1.165) is 42.8 Å². The van der Waals surface area contributed by atoms with Crippen molar-refractivity contribution in [2.75, 3.05) is 0 Å². The molecule has 30 heavy (non-hydrogen) atoms. The number of hydrogen-bond donors (Lipinski definition) is 1. The van der Waals surface area contributed by atoms with Crippen molar-refractivity contribution in [1.82, 2.24) is 5.32 Å². The molecule has 4 heteroatoms. The van der Waals surface area contributed by atoms with E-state index in [1.807, 2.05) is 6.07 Å². The largest absolute Gasteiger partial charge is 0.485 e. The highest BCUT2D eigenvalue weighted by Crippen LogP contribution is 2.55. The SMILES string of the molecule is Cc1ccc(C(C)C)c(OCc2ccc(C(=O)NC34CC5CC(CC(C5)C3)C4)o2)c1. The molecule has 0 aliphatic heterocycles. The zero-order chi connectivity index (χ0) is 20.9. The second-order valence-corrected chi connectivity index (χ2v) is 10.4. The van der Waals surface area contributed by atoms with Gasteiger partial charge in [0, 0.05) is 5.54 Å². The van der Waals surface area contributed by atoms with Gasteiger partial charge in [-0.3, -0.25) is 4.79 Å². The minimum Gasteiger partial charge on any atom is -0.485 e. The molecule has 4 saturated carbocycles. The standard InChI is InChI=1S/C26H33NO3/c1-16(2)22-6-4-17(3)8-24(22)29-15-21-5-7-23(30-21)25(28)27-26-12-18-9-19(13-26)11-20(10-18)14-26/h4-8,16,18-20H,9-15H2,1-3H3,(H,27,28). The lowest BCUT2D eigenvalue weighted by Gasteiger charge is -2.56. The Hall–Kier alpha value is -2.23. The smallest absolute Gasteiger partial charge is 0.287 e. The quantitative estimate of drug-likeness (QED) is 0.640. The lowest BCUT2D eigenvalue weighted by Crippen LogP contribution is -2.59. The maximum atomic E-state index is 13.0. The van der Waals surface area contributed by atoms with Crippen LogP contribution in [0.1, 0.15) is 85.7 Å². The van der Waals surface area contributed by atoms with Gasteiger partial charge in [0.05, 0.1) is 0 Å². The van der Waals surface area contributed by atoms with Gasteiger partial charge in [0.2, 0.25) is 0 Å². The van der Waals surface area contributed by atoms with Crippen LogP contribution in [-0.4, -0.2) is 11.4 Å². The first-order valence-corrected chi connectivity index (χ1v) is 11.5. The third-order valence-corrected chi connectivity index (χ3v) is 7.46. The molecule has 4 aliphatic carbocycles. The molecule has 1 aromatic carbocycles. The van der Waals surface area contributed by atoms with Crippen molar-refractivity contribution in [2.45, 2.75) is 77.4 Å². The number of carbonyl (C=O) groups excluding carboxylic acids is 1. The Morgan fingerprint density at radius 2 is 1.77 bits per heavy atom. The first kappa shape index (κ1) is 19.7. The summed E-state index contributed by atoms with van der Waals surface area (Å²) in [5.41, 5.74) is 2.36. The second-order valence-electron chi connectivity index (χ2n) is 10.4. The molecule has 0 unspecified atom stereocenters. The average molecular weight is 408 g/mol. The summed E-state index contributed by atoms with van der Waals surface area (Å²) >= 11 is 0. The van der Waals surface area contributed by atoms with E-state index < -0.39 is 0 Å². The number of benzene rings is 1. The van der Waals surface area contributed by atoms with Gasteiger partial charge in [0.15, 0.2) is 5.76 Å². The number of nitrogens with one attached hydrogen (secondary N) is 1. The number of ether oxygens (including phenoxy) is 1. The summed E-state index contributed by atoms with van der Waals surface area (Å²) < 4.78 is 11.9. The second kappa shape index (κ2) is 7.47. The molecule has 1 amide bonds. The molecule has 0 radical (unpaired) electrons. The molecule has 1 N–H and O–H groups in total. The van der Waals surface area contributed by atoms with Gasteiger partial charge in [0.1, 0.15) is 18.1 Å². The van der Waals surface area contributed by atoms with Gasteiger partial charge in [-0.1, -0.05) is 26.0 Å². The van der Waals surface area contributed by atoms with E-state index in [-0.39, 0.29) is 11.4 Å². The lowest BCUT2D eigenvalue weighted by molar-refractivity contribution is -0.0171. The molecule has 4 nitrogen and oxygen atoms in total. The summed E-state index contributed by atoms with van der Waals surface area (Å²) in [5, 5.41) is 3.39. The van der Waals surface area contributed by atoms with E-state index in [0.29, 0.717) is 24.0 Å². The van der Waals surface area contributed by atoms with Crippen LogP contribution in [0.25, 0.3) is 0 Å². The van der Waals surface area contributed by atoms with Crippen LogP contribution in [0.15, 0.2) is 34.7 Å². The van der Waals surface area contributed by atoms with Gasteiger partial charge in [0.25, 0.3) is 5.91 Å². The number of rotatable bonds is 6. The Balaban J connectivity index is 1.24. The highest BCUT2D eigenvalue weighted by atomic mass is 16.5. The van der Waals surface area contributed by atoms with Gasteiger partial charge in [-0.05, 0) is 98.4 Å². The normalized spacial score (nSPS) is 29.4.